The molecule has 2 N–H and O–H groups in total. The number of pyridine rings is 1. The molecule has 1 fully saturated rings. The summed E-state index contributed by atoms with van der Waals surface area (Å²) in [7, 11) is 0. The third-order valence-electron chi connectivity index (χ3n) is 5.30. The Bertz CT molecular complexity index is 1080. The quantitative estimate of drug-likeness (QED) is 0.553. The number of rotatable bonds is 4. The van der Waals surface area contributed by atoms with E-state index < -0.39 is 0 Å². The minimum Gasteiger partial charge on any atom is -0.321 e. The summed E-state index contributed by atoms with van der Waals surface area (Å²) in [6.45, 7) is 0. The molecule has 27 heavy (non-hydrogen) atoms. The molecule has 1 aliphatic rings. The SMILES string of the molecule is NC1(c2ccc(-n3cnc4ccc(Sc5ccccc5)nc43)cc2)CCC1. The number of benzene rings is 2. The van der Waals surface area contributed by atoms with Crippen molar-refractivity contribution in [2.75, 3.05) is 0 Å². The van der Waals surface area contributed by atoms with E-state index in [9.17, 15) is 0 Å². The van der Waals surface area contributed by atoms with Crippen molar-refractivity contribution in [3.8, 4) is 5.69 Å². The molecule has 2 heterocycles. The maximum absolute atomic E-state index is 6.44. The van der Waals surface area contributed by atoms with Crippen LogP contribution in [0.15, 0.2) is 83.0 Å². The molecule has 134 valence electrons. The monoisotopic (exact) mass is 372 g/mol. The Morgan fingerprint density at radius 2 is 1.70 bits per heavy atom. The van der Waals surface area contributed by atoms with Gasteiger partial charge in [0, 0.05) is 16.1 Å². The van der Waals surface area contributed by atoms with E-state index in [1.54, 1.807) is 11.8 Å². The lowest BCUT2D eigenvalue weighted by atomic mass is 9.73. The average Bonchev–Trinajstić information content (AvgIpc) is 3.10. The van der Waals surface area contributed by atoms with Gasteiger partial charge in [-0.15, -0.1) is 0 Å². The van der Waals surface area contributed by atoms with Crippen molar-refractivity contribution in [2.45, 2.75) is 34.7 Å². The van der Waals surface area contributed by atoms with Crippen LogP contribution in [0.1, 0.15) is 24.8 Å². The zero-order chi connectivity index (χ0) is 18.3. The van der Waals surface area contributed by atoms with Crippen molar-refractivity contribution in [1.29, 1.82) is 0 Å². The van der Waals surface area contributed by atoms with E-state index in [2.05, 4.69) is 41.4 Å². The van der Waals surface area contributed by atoms with E-state index in [1.165, 1.54) is 16.9 Å². The molecule has 1 saturated carbocycles. The Kier molecular flexibility index (Phi) is 3.99. The second kappa shape index (κ2) is 6.51. The van der Waals surface area contributed by atoms with Crippen LogP contribution in [0.3, 0.4) is 0 Å². The summed E-state index contributed by atoms with van der Waals surface area (Å²) in [5.41, 5.74) is 10.3. The lowest BCUT2D eigenvalue weighted by Crippen LogP contribution is -2.43. The molecule has 2 aromatic carbocycles. The van der Waals surface area contributed by atoms with E-state index in [4.69, 9.17) is 10.7 Å². The smallest absolute Gasteiger partial charge is 0.165 e. The van der Waals surface area contributed by atoms with Crippen LogP contribution in [0.25, 0.3) is 16.9 Å². The number of hydrogen-bond acceptors (Lipinski definition) is 4. The molecular weight excluding hydrogens is 352 g/mol. The van der Waals surface area contributed by atoms with Gasteiger partial charge in [0.15, 0.2) is 5.65 Å². The molecule has 0 unspecified atom stereocenters. The maximum atomic E-state index is 6.44. The molecule has 5 heteroatoms. The number of imidazole rings is 1. The first-order chi connectivity index (χ1) is 13.2. The third-order valence-corrected chi connectivity index (χ3v) is 6.25. The molecule has 0 aliphatic heterocycles. The van der Waals surface area contributed by atoms with Gasteiger partial charge in [0.1, 0.15) is 16.9 Å². The summed E-state index contributed by atoms with van der Waals surface area (Å²) < 4.78 is 2.04. The van der Waals surface area contributed by atoms with Crippen LogP contribution < -0.4 is 5.73 Å². The second-order valence-electron chi connectivity index (χ2n) is 7.08. The lowest BCUT2D eigenvalue weighted by molar-refractivity contribution is 0.253. The maximum Gasteiger partial charge on any atom is 0.165 e. The van der Waals surface area contributed by atoms with Crippen molar-refractivity contribution >= 4 is 22.9 Å². The van der Waals surface area contributed by atoms with Crippen LogP contribution in [-0.2, 0) is 5.54 Å². The van der Waals surface area contributed by atoms with Gasteiger partial charge in [-0.2, -0.15) is 0 Å². The van der Waals surface area contributed by atoms with Gasteiger partial charge >= 0.3 is 0 Å². The number of nitrogens with zero attached hydrogens (tertiary/aromatic N) is 3. The van der Waals surface area contributed by atoms with Crippen LogP contribution in [-0.4, -0.2) is 14.5 Å². The lowest BCUT2D eigenvalue weighted by Gasteiger charge is -2.38. The predicted octanol–water partition coefficient (Wildman–Crippen LogP) is 4.91. The summed E-state index contributed by atoms with van der Waals surface area (Å²) in [6.07, 6.45) is 5.20. The first kappa shape index (κ1) is 16.5. The first-order valence-electron chi connectivity index (χ1n) is 9.18. The fourth-order valence-electron chi connectivity index (χ4n) is 3.53. The van der Waals surface area contributed by atoms with E-state index in [0.29, 0.717) is 0 Å². The highest BCUT2D eigenvalue weighted by Gasteiger charge is 2.34. The highest BCUT2D eigenvalue weighted by molar-refractivity contribution is 7.99. The molecule has 0 bridgehead atoms. The average molecular weight is 372 g/mol. The van der Waals surface area contributed by atoms with Crippen LogP contribution in [0.4, 0.5) is 0 Å². The van der Waals surface area contributed by atoms with E-state index in [-0.39, 0.29) is 5.54 Å². The molecule has 0 atom stereocenters. The highest BCUT2D eigenvalue weighted by atomic mass is 32.2. The van der Waals surface area contributed by atoms with Crippen LogP contribution in [0.5, 0.6) is 0 Å². The standard InChI is InChI=1S/C22H20N4S/c23-22(13-4-14-22)16-7-9-17(10-8-16)26-15-24-19-11-12-20(25-21(19)26)27-18-5-2-1-3-6-18/h1-3,5-12,15H,4,13-14,23H2. The Morgan fingerprint density at radius 3 is 2.41 bits per heavy atom. The Hall–Kier alpha value is -2.63. The Morgan fingerprint density at radius 1 is 0.926 bits per heavy atom. The minimum atomic E-state index is -0.132. The van der Waals surface area contributed by atoms with Gasteiger partial charge < -0.3 is 5.73 Å². The van der Waals surface area contributed by atoms with Gasteiger partial charge in [0.2, 0.25) is 0 Å². The van der Waals surface area contributed by atoms with Crippen molar-refractivity contribution in [3.05, 3.63) is 78.6 Å². The van der Waals surface area contributed by atoms with Crippen LogP contribution in [0, 0.1) is 0 Å². The molecule has 4 nitrogen and oxygen atoms in total. The molecule has 0 radical (unpaired) electrons. The molecule has 2 aromatic heterocycles. The van der Waals surface area contributed by atoms with Gasteiger partial charge in [-0.25, -0.2) is 9.97 Å². The summed E-state index contributed by atoms with van der Waals surface area (Å²) >= 11 is 1.66. The van der Waals surface area contributed by atoms with Crippen molar-refractivity contribution < 1.29 is 0 Å². The van der Waals surface area contributed by atoms with Crippen molar-refractivity contribution in [1.82, 2.24) is 14.5 Å². The van der Waals surface area contributed by atoms with Crippen LogP contribution >= 0.6 is 11.8 Å². The zero-order valence-electron chi connectivity index (χ0n) is 14.9. The van der Waals surface area contributed by atoms with Gasteiger partial charge in [-0.3, -0.25) is 4.57 Å². The van der Waals surface area contributed by atoms with Gasteiger partial charge in [-0.05, 0) is 61.2 Å². The molecular formula is C22H20N4S. The Labute approximate surface area is 162 Å². The summed E-state index contributed by atoms with van der Waals surface area (Å²) in [5, 5.41) is 0.961. The number of nitrogens with two attached hydrogens (primary N) is 1. The van der Waals surface area contributed by atoms with Crippen LogP contribution in [0.2, 0.25) is 0 Å². The number of fused-ring (bicyclic) bond motifs is 1. The summed E-state index contributed by atoms with van der Waals surface area (Å²) in [4.78, 5) is 10.5. The van der Waals surface area contributed by atoms with Gasteiger partial charge in [0.05, 0.1) is 0 Å². The topological polar surface area (TPSA) is 56.7 Å². The molecule has 0 spiro atoms. The van der Waals surface area contributed by atoms with E-state index in [1.807, 2.05) is 41.2 Å². The number of aromatic nitrogens is 3. The fourth-order valence-corrected chi connectivity index (χ4v) is 4.33. The van der Waals surface area contributed by atoms with Crippen molar-refractivity contribution in [2.24, 2.45) is 5.73 Å². The van der Waals surface area contributed by atoms with E-state index in [0.717, 1.165) is 34.7 Å². The minimum absolute atomic E-state index is 0.132. The van der Waals surface area contributed by atoms with Crippen molar-refractivity contribution in [3.63, 3.8) is 0 Å². The van der Waals surface area contributed by atoms with Gasteiger partial charge in [0.25, 0.3) is 0 Å². The normalized spacial score (nSPS) is 15.6. The predicted molar refractivity (Wildman–Crippen MR) is 109 cm³/mol. The highest BCUT2D eigenvalue weighted by Crippen LogP contribution is 2.38. The molecule has 1 aliphatic carbocycles. The fraction of sp³-hybridized carbons (Fsp3) is 0.182. The largest absolute Gasteiger partial charge is 0.321 e. The first-order valence-corrected chi connectivity index (χ1v) is 10.00. The summed E-state index contributed by atoms with van der Waals surface area (Å²) in [5.74, 6) is 0. The van der Waals surface area contributed by atoms with E-state index >= 15 is 0 Å². The molecule has 5 rings (SSSR count). The number of hydrogen-bond donors (Lipinski definition) is 1. The molecule has 0 amide bonds. The third kappa shape index (κ3) is 3.03. The van der Waals surface area contributed by atoms with Gasteiger partial charge in [-0.1, -0.05) is 42.1 Å². The second-order valence-corrected chi connectivity index (χ2v) is 8.17. The zero-order valence-corrected chi connectivity index (χ0v) is 15.7. The molecule has 0 saturated heterocycles. The molecule has 4 aromatic rings. The summed E-state index contributed by atoms with van der Waals surface area (Å²) in [6, 6.07) is 22.9. The Balaban J connectivity index is 1.49.